The Kier molecular flexibility index (Phi) is 12.7. The molecule has 0 aromatic heterocycles. The number of benzene rings is 1. The van der Waals surface area contributed by atoms with Gasteiger partial charge in [0.1, 0.15) is 0 Å². The molecule has 0 bridgehead atoms. The van der Waals surface area contributed by atoms with E-state index in [0.717, 1.165) is 52.0 Å². The second-order valence-electron chi connectivity index (χ2n) is 7.17. The summed E-state index contributed by atoms with van der Waals surface area (Å²) in [6.07, 6.45) is 0. The Balaban J connectivity index is 0.00000392. The van der Waals surface area contributed by atoms with Crippen molar-refractivity contribution in [3.63, 3.8) is 0 Å². The molecule has 1 saturated heterocycles. The highest BCUT2D eigenvalue weighted by molar-refractivity contribution is 14.0. The average Bonchev–Trinajstić information content (AvgIpc) is 2.70. The molecule has 1 aromatic carbocycles. The van der Waals surface area contributed by atoms with E-state index in [4.69, 9.17) is 9.47 Å². The number of ether oxygens (including phenoxy) is 2. The summed E-state index contributed by atoms with van der Waals surface area (Å²) >= 11 is 0. The third-order valence-corrected chi connectivity index (χ3v) is 5.01. The Labute approximate surface area is 187 Å². The molecule has 0 radical (unpaired) electrons. The lowest BCUT2D eigenvalue weighted by atomic mass is 10.0. The summed E-state index contributed by atoms with van der Waals surface area (Å²) < 4.78 is 11.1. The molecule has 160 valence electrons. The second-order valence-corrected chi connectivity index (χ2v) is 7.17. The van der Waals surface area contributed by atoms with Crippen LogP contribution < -0.4 is 10.6 Å². The quantitative estimate of drug-likeness (QED) is 0.308. The average molecular weight is 504 g/mol. The van der Waals surface area contributed by atoms with Gasteiger partial charge in [0.25, 0.3) is 0 Å². The summed E-state index contributed by atoms with van der Waals surface area (Å²) in [7, 11) is 1.82. The summed E-state index contributed by atoms with van der Waals surface area (Å²) in [6.45, 7) is 13.2. The molecule has 1 unspecified atom stereocenters. The Bertz CT molecular complexity index is 577. The normalized spacial score (nSPS) is 16.5. The molecule has 2 rings (SSSR count). The number of halogens is 1. The first-order chi connectivity index (χ1) is 13.2. The van der Waals surface area contributed by atoms with E-state index in [1.165, 1.54) is 11.1 Å². The minimum atomic E-state index is 0. The zero-order valence-electron chi connectivity index (χ0n) is 17.7. The topological polar surface area (TPSA) is 58.1 Å². The SMILES string of the molecule is CCOCc1ccccc1CNC(=NC)NCC(C(C)C)N1CCOCC1.I. The van der Waals surface area contributed by atoms with Gasteiger partial charge in [-0.25, -0.2) is 0 Å². The number of nitrogens with zero attached hydrogens (tertiary/aromatic N) is 2. The van der Waals surface area contributed by atoms with Crippen LogP contribution in [0, 0.1) is 5.92 Å². The summed E-state index contributed by atoms with van der Waals surface area (Å²) in [4.78, 5) is 6.91. The maximum atomic E-state index is 5.58. The Morgan fingerprint density at radius 1 is 1.18 bits per heavy atom. The first kappa shape index (κ1) is 25.1. The van der Waals surface area contributed by atoms with Gasteiger partial charge in [0.2, 0.25) is 0 Å². The summed E-state index contributed by atoms with van der Waals surface area (Å²) in [5, 5.41) is 6.95. The van der Waals surface area contributed by atoms with Crippen LogP contribution in [0.5, 0.6) is 0 Å². The van der Waals surface area contributed by atoms with Crippen LogP contribution in [-0.4, -0.2) is 63.4 Å². The molecule has 1 aliphatic heterocycles. The van der Waals surface area contributed by atoms with E-state index in [9.17, 15) is 0 Å². The van der Waals surface area contributed by atoms with Crippen LogP contribution in [0.2, 0.25) is 0 Å². The summed E-state index contributed by atoms with van der Waals surface area (Å²) in [5.41, 5.74) is 2.46. The van der Waals surface area contributed by atoms with Gasteiger partial charge in [0, 0.05) is 45.9 Å². The Morgan fingerprint density at radius 2 is 1.86 bits per heavy atom. The third-order valence-electron chi connectivity index (χ3n) is 5.01. The van der Waals surface area contributed by atoms with Crippen molar-refractivity contribution < 1.29 is 9.47 Å². The van der Waals surface area contributed by atoms with Gasteiger partial charge < -0.3 is 20.1 Å². The van der Waals surface area contributed by atoms with Gasteiger partial charge in [-0.1, -0.05) is 38.1 Å². The number of rotatable bonds is 9. The lowest BCUT2D eigenvalue weighted by molar-refractivity contribution is 0.00752. The standard InChI is InChI=1S/C21H36N4O2.HI/c1-5-26-16-19-9-7-6-8-18(19)14-23-21(22-4)24-15-20(17(2)3)25-10-12-27-13-11-25;/h6-9,17,20H,5,10-16H2,1-4H3,(H2,22,23,24);1H. The van der Waals surface area contributed by atoms with Crippen molar-refractivity contribution in [3.05, 3.63) is 35.4 Å². The smallest absolute Gasteiger partial charge is 0.191 e. The summed E-state index contributed by atoms with van der Waals surface area (Å²) in [5.74, 6) is 1.40. The molecule has 1 heterocycles. The highest BCUT2D eigenvalue weighted by Gasteiger charge is 2.23. The van der Waals surface area contributed by atoms with Crippen molar-refractivity contribution in [3.8, 4) is 0 Å². The lowest BCUT2D eigenvalue weighted by Crippen LogP contribution is -2.52. The number of guanidine groups is 1. The van der Waals surface area contributed by atoms with E-state index in [1.807, 2.05) is 14.0 Å². The minimum absolute atomic E-state index is 0. The predicted molar refractivity (Wildman–Crippen MR) is 126 cm³/mol. The molecule has 28 heavy (non-hydrogen) atoms. The molecule has 1 fully saturated rings. The molecule has 1 aromatic rings. The number of morpholine rings is 1. The van der Waals surface area contributed by atoms with Crippen molar-refractivity contribution in [1.82, 2.24) is 15.5 Å². The highest BCUT2D eigenvalue weighted by Crippen LogP contribution is 2.12. The molecule has 1 atom stereocenters. The lowest BCUT2D eigenvalue weighted by Gasteiger charge is -2.37. The van der Waals surface area contributed by atoms with Gasteiger partial charge in [-0.3, -0.25) is 9.89 Å². The van der Waals surface area contributed by atoms with Crippen molar-refractivity contribution in [2.24, 2.45) is 10.9 Å². The van der Waals surface area contributed by atoms with Crippen LogP contribution in [0.4, 0.5) is 0 Å². The maximum absolute atomic E-state index is 5.58. The second kappa shape index (κ2) is 14.1. The molecule has 0 amide bonds. The third kappa shape index (κ3) is 8.23. The van der Waals surface area contributed by atoms with Crippen LogP contribution in [0.25, 0.3) is 0 Å². The fourth-order valence-corrected chi connectivity index (χ4v) is 3.38. The van der Waals surface area contributed by atoms with Crippen LogP contribution in [0.15, 0.2) is 29.3 Å². The molecule has 0 spiro atoms. The van der Waals surface area contributed by atoms with E-state index < -0.39 is 0 Å². The molecule has 1 aliphatic rings. The fourth-order valence-electron chi connectivity index (χ4n) is 3.38. The van der Waals surface area contributed by atoms with Crippen molar-refractivity contribution in [2.45, 2.75) is 40.0 Å². The van der Waals surface area contributed by atoms with Crippen LogP contribution in [0.1, 0.15) is 31.9 Å². The first-order valence-electron chi connectivity index (χ1n) is 10.1. The van der Waals surface area contributed by atoms with Gasteiger partial charge in [-0.05, 0) is 24.0 Å². The van der Waals surface area contributed by atoms with E-state index >= 15 is 0 Å². The number of nitrogens with one attached hydrogen (secondary N) is 2. The largest absolute Gasteiger partial charge is 0.379 e. The zero-order chi connectivity index (χ0) is 19.5. The van der Waals surface area contributed by atoms with Crippen molar-refractivity contribution >= 4 is 29.9 Å². The maximum Gasteiger partial charge on any atom is 0.191 e. The van der Waals surface area contributed by atoms with E-state index in [-0.39, 0.29) is 24.0 Å². The van der Waals surface area contributed by atoms with Gasteiger partial charge in [0.05, 0.1) is 19.8 Å². The predicted octanol–water partition coefficient (Wildman–Crippen LogP) is 2.86. The molecule has 2 N–H and O–H groups in total. The van der Waals surface area contributed by atoms with Gasteiger partial charge in [-0.2, -0.15) is 0 Å². The molecular formula is C21H37IN4O2. The van der Waals surface area contributed by atoms with E-state index in [2.05, 4.69) is 58.6 Å². The zero-order valence-corrected chi connectivity index (χ0v) is 20.1. The Morgan fingerprint density at radius 3 is 2.46 bits per heavy atom. The van der Waals surface area contributed by atoms with E-state index in [0.29, 0.717) is 18.6 Å². The Hall–Kier alpha value is -0.900. The molecule has 6 nitrogen and oxygen atoms in total. The highest BCUT2D eigenvalue weighted by atomic mass is 127. The number of hydrogen-bond acceptors (Lipinski definition) is 4. The molecule has 7 heteroatoms. The number of hydrogen-bond donors (Lipinski definition) is 2. The van der Waals surface area contributed by atoms with Crippen molar-refractivity contribution in [1.29, 1.82) is 0 Å². The summed E-state index contributed by atoms with van der Waals surface area (Å²) in [6, 6.07) is 8.85. The van der Waals surface area contributed by atoms with Gasteiger partial charge in [-0.15, -0.1) is 24.0 Å². The first-order valence-corrected chi connectivity index (χ1v) is 10.1. The van der Waals surface area contributed by atoms with Gasteiger partial charge in [0.15, 0.2) is 5.96 Å². The minimum Gasteiger partial charge on any atom is -0.379 e. The molecular weight excluding hydrogens is 467 g/mol. The van der Waals surface area contributed by atoms with Crippen molar-refractivity contribution in [2.75, 3.05) is 46.5 Å². The van der Waals surface area contributed by atoms with Crippen LogP contribution >= 0.6 is 24.0 Å². The van der Waals surface area contributed by atoms with Gasteiger partial charge >= 0.3 is 0 Å². The fraction of sp³-hybridized carbons (Fsp3) is 0.667. The number of aliphatic imine (C=N–C) groups is 1. The molecule has 0 saturated carbocycles. The van der Waals surface area contributed by atoms with Crippen LogP contribution in [0.3, 0.4) is 0 Å². The van der Waals surface area contributed by atoms with Crippen LogP contribution in [-0.2, 0) is 22.6 Å². The van der Waals surface area contributed by atoms with E-state index in [1.54, 1.807) is 0 Å². The monoisotopic (exact) mass is 504 g/mol. The molecule has 0 aliphatic carbocycles.